The minimum atomic E-state index is -0.210. The molecule has 2 atom stereocenters. The first kappa shape index (κ1) is 14.4. The largest absolute Gasteiger partial charge is 0.394 e. The standard InChI is InChI=1S/C12H19N3O3S/c1-8-7-19-12(13-8)14-11(17)5-15-3-9(2)18-10(4-15)6-16/h7,9-10,16H,3-6H2,1-2H3,(H,13,14,17). The number of aliphatic hydroxyl groups excluding tert-OH is 1. The van der Waals surface area contributed by atoms with Crippen molar-refractivity contribution in [3.8, 4) is 0 Å². The number of hydrogen-bond acceptors (Lipinski definition) is 6. The van der Waals surface area contributed by atoms with Gasteiger partial charge in [0, 0.05) is 18.5 Å². The van der Waals surface area contributed by atoms with Gasteiger partial charge in [-0.2, -0.15) is 0 Å². The van der Waals surface area contributed by atoms with Gasteiger partial charge in [-0.15, -0.1) is 11.3 Å². The molecule has 6 nitrogen and oxygen atoms in total. The molecule has 1 aliphatic heterocycles. The summed E-state index contributed by atoms with van der Waals surface area (Å²) in [7, 11) is 0. The van der Waals surface area contributed by atoms with Gasteiger partial charge in [0.2, 0.25) is 5.91 Å². The number of aromatic nitrogens is 1. The van der Waals surface area contributed by atoms with E-state index in [-0.39, 0.29) is 24.7 Å². The third-order valence-corrected chi connectivity index (χ3v) is 3.71. The topological polar surface area (TPSA) is 74.7 Å². The first-order chi connectivity index (χ1) is 9.06. The van der Waals surface area contributed by atoms with Crippen LogP contribution in [0.15, 0.2) is 5.38 Å². The zero-order chi connectivity index (χ0) is 13.8. The monoisotopic (exact) mass is 285 g/mol. The molecule has 0 aromatic carbocycles. The number of carbonyl (C=O) groups is 1. The number of carbonyl (C=O) groups excluding carboxylic acids is 1. The molecule has 7 heteroatoms. The van der Waals surface area contributed by atoms with Gasteiger partial charge in [-0.3, -0.25) is 9.69 Å². The van der Waals surface area contributed by atoms with Crippen LogP contribution in [0.5, 0.6) is 0 Å². The third kappa shape index (κ3) is 4.24. The molecule has 1 aromatic rings. The Hall–Kier alpha value is -1.02. The van der Waals surface area contributed by atoms with E-state index in [0.717, 1.165) is 5.69 Å². The number of aryl methyl sites for hydroxylation is 1. The van der Waals surface area contributed by atoms with Crippen LogP contribution in [0.25, 0.3) is 0 Å². The van der Waals surface area contributed by atoms with E-state index in [1.807, 2.05) is 24.1 Å². The molecule has 1 fully saturated rings. The molecule has 1 aromatic heterocycles. The molecular formula is C12H19N3O3S. The summed E-state index contributed by atoms with van der Waals surface area (Å²) in [4.78, 5) is 18.1. The molecule has 2 rings (SSSR count). The number of nitrogens with one attached hydrogen (secondary N) is 1. The van der Waals surface area contributed by atoms with Gasteiger partial charge >= 0.3 is 0 Å². The Labute approximate surface area is 116 Å². The number of amides is 1. The summed E-state index contributed by atoms with van der Waals surface area (Å²) in [5.41, 5.74) is 0.903. The normalized spacial score (nSPS) is 24.4. The van der Waals surface area contributed by atoms with Crippen molar-refractivity contribution in [2.75, 3.05) is 31.6 Å². The highest BCUT2D eigenvalue weighted by molar-refractivity contribution is 7.13. The SMILES string of the molecule is Cc1csc(NC(=O)CN2CC(C)OC(CO)C2)n1. The molecule has 0 spiro atoms. The fourth-order valence-corrected chi connectivity index (χ4v) is 2.85. The summed E-state index contributed by atoms with van der Waals surface area (Å²) in [5, 5.41) is 14.4. The van der Waals surface area contributed by atoms with Crippen molar-refractivity contribution in [1.82, 2.24) is 9.88 Å². The maximum atomic E-state index is 11.9. The van der Waals surface area contributed by atoms with Crippen LogP contribution in [0.2, 0.25) is 0 Å². The molecule has 0 radical (unpaired) electrons. The molecule has 0 saturated carbocycles. The van der Waals surface area contributed by atoms with Crippen molar-refractivity contribution in [1.29, 1.82) is 0 Å². The van der Waals surface area contributed by atoms with Gasteiger partial charge in [-0.1, -0.05) is 0 Å². The second-order valence-corrected chi connectivity index (χ2v) is 5.65. The summed E-state index contributed by atoms with van der Waals surface area (Å²) >= 11 is 1.42. The van der Waals surface area contributed by atoms with Crippen LogP contribution in [0.4, 0.5) is 5.13 Å². The fourth-order valence-electron chi connectivity index (χ4n) is 2.14. The quantitative estimate of drug-likeness (QED) is 0.841. The molecule has 0 bridgehead atoms. The number of rotatable bonds is 4. The third-order valence-electron chi connectivity index (χ3n) is 2.84. The van der Waals surface area contributed by atoms with Crippen molar-refractivity contribution >= 4 is 22.4 Å². The van der Waals surface area contributed by atoms with Crippen LogP contribution in [-0.2, 0) is 9.53 Å². The lowest BCUT2D eigenvalue weighted by atomic mass is 10.2. The van der Waals surface area contributed by atoms with Crippen LogP contribution in [0.3, 0.4) is 0 Å². The van der Waals surface area contributed by atoms with Gasteiger partial charge < -0.3 is 15.2 Å². The second-order valence-electron chi connectivity index (χ2n) is 4.79. The Kier molecular flexibility index (Phi) is 4.87. The summed E-state index contributed by atoms with van der Waals surface area (Å²) in [6.07, 6.45) is -0.181. The summed E-state index contributed by atoms with van der Waals surface area (Å²) in [6, 6.07) is 0. The summed E-state index contributed by atoms with van der Waals surface area (Å²) in [6.45, 7) is 5.38. The van der Waals surface area contributed by atoms with Crippen molar-refractivity contribution in [3.63, 3.8) is 0 Å². The van der Waals surface area contributed by atoms with Gasteiger partial charge in [0.05, 0.1) is 31.1 Å². The maximum Gasteiger partial charge on any atom is 0.240 e. The lowest BCUT2D eigenvalue weighted by molar-refractivity contribution is -0.124. The maximum absolute atomic E-state index is 11.9. The van der Waals surface area contributed by atoms with E-state index in [9.17, 15) is 4.79 Å². The highest BCUT2D eigenvalue weighted by Gasteiger charge is 2.26. The minimum absolute atomic E-state index is 0.0197. The fraction of sp³-hybridized carbons (Fsp3) is 0.667. The second kappa shape index (κ2) is 6.42. The van der Waals surface area contributed by atoms with Gasteiger partial charge in [-0.05, 0) is 13.8 Å². The predicted octanol–water partition coefficient (Wildman–Crippen LogP) is 0.472. The van der Waals surface area contributed by atoms with Crippen molar-refractivity contribution < 1.29 is 14.6 Å². The van der Waals surface area contributed by atoms with Crippen molar-refractivity contribution in [3.05, 3.63) is 11.1 Å². The average molecular weight is 285 g/mol. The first-order valence-electron chi connectivity index (χ1n) is 6.27. The number of anilines is 1. The van der Waals surface area contributed by atoms with E-state index < -0.39 is 0 Å². The highest BCUT2D eigenvalue weighted by Crippen LogP contribution is 2.15. The zero-order valence-electron chi connectivity index (χ0n) is 11.1. The van der Waals surface area contributed by atoms with Gasteiger partial charge in [0.1, 0.15) is 0 Å². The van der Waals surface area contributed by atoms with E-state index in [4.69, 9.17) is 9.84 Å². The molecule has 1 amide bonds. The molecule has 2 unspecified atom stereocenters. The number of morpholine rings is 1. The van der Waals surface area contributed by atoms with Crippen LogP contribution < -0.4 is 5.32 Å². The number of hydrogen-bond donors (Lipinski definition) is 2. The molecule has 106 valence electrons. The number of aliphatic hydroxyl groups is 1. The smallest absolute Gasteiger partial charge is 0.240 e. The Morgan fingerprint density at radius 2 is 2.47 bits per heavy atom. The van der Waals surface area contributed by atoms with Crippen LogP contribution in [0.1, 0.15) is 12.6 Å². The van der Waals surface area contributed by atoms with E-state index >= 15 is 0 Å². The van der Waals surface area contributed by atoms with Gasteiger partial charge in [0.15, 0.2) is 5.13 Å². The Morgan fingerprint density at radius 3 is 3.11 bits per heavy atom. The zero-order valence-corrected chi connectivity index (χ0v) is 11.9. The van der Waals surface area contributed by atoms with Crippen molar-refractivity contribution in [2.24, 2.45) is 0 Å². The van der Waals surface area contributed by atoms with Crippen LogP contribution >= 0.6 is 11.3 Å². The molecule has 0 aliphatic carbocycles. The Bertz CT molecular complexity index is 438. The lowest BCUT2D eigenvalue weighted by Crippen LogP contribution is -2.50. The molecular weight excluding hydrogens is 266 g/mol. The number of ether oxygens (including phenoxy) is 1. The van der Waals surface area contributed by atoms with Gasteiger partial charge in [-0.25, -0.2) is 4.98 Å². The van der Waals surface area contributed by atoms with Gasteiger partial charge in [0.25, 0.3) is 0 Å². The molecule has 1 aliphatic rings. The molecule has 2 N–H and O–H groups in total. The highest BCUT2D eigenvalue weighted by atomic mass is 32.1. The van der Waals surface area contributed by atoms with E-state index in [1.54, 1.807) is 0 Å². The predicted molar refractivity (Wildman–Crippen MR) is 73.3 cm³/mol. The Morgan fingerprint density at radius 1 is 1.68 bits per heavy atom. The average Bonchev–Trinajstić information content (AvgIpc) is 2.73. The first-order valence-corrected chi connectivity index (χ1v) is 7.15. The molecule has 19 heavy (non-hydrogen) atoms. The summed E-state index contributed by atoms with van der Waals surface area (Å²) < 4.78 is 5.54. The van der Waals surface area contributed by atoms with Crippen LogP contribution in [0, 0.1) is 6.92 Å². The Balaban J connectivity index is 1.84. The molecule has 1 saturated heterocycles. The van der Waals surface area contributed by atoms with E-state index in [1.165, 1.54) is 11.3 Å². The minimum Gasteiger partial charge on any atom is -0.394 e. The number of thiazole rings is 1. The van der Waals surface area contributed by atoms with E-state index in [2.05, 4.69) is 10.3 Å². The van der Waals surface area contributed by atoms with Crippen molar-refractivity contribution in [2.45, 2.75) is 26.1 Å². The molecule has 2 heterocycles. The van der Waals surface area contributed by atoms with Crippen LogP contribution in [-0.4, -0.2) is 59.3 Å². The summed E-state index contributed by atoms with van der Waals surface area (Å²) in [5.74, 6) is -0.0832. The lowest BCUT2D eigenvalue weighted by Gasteiger charge is -2.35. The number of nitrogens with zero attached hydrogens (tertiary/aromatic N) is 2. The van der Waals surface area contributed by atoms with E-state index in [0.29, 0.717) is 24.8 Å².